The first-order valence-electron chi connectivity index (χ1n) is 6.88. The Hall–Kier alpha value is -1.62. The summed E-state index contributed by atoms with van der Waals surface area (Å²) in [7, 11) is 0. The first-order chi connectivity index (χ1) is 9.56. The molecule has 0 aromatic heterocycles. The number of rotatable bonds is 6. The number of carbonyl (C=O) groups is 1. The van der Waals surface area contributed by atoms with Crippen LogP contribution in [0.3, 0.4) is 0 Å². The fourth-order valence-corrected chi connectivity index (χ4v) is 2.35. The molecule has 1 aliphatic rings. The molecule has 4 nitrogen and oxygen atoms in total. The maximum Gasteiger partial charge on any atom is 0.258 e. The maximum atomic E-state index is 11.8. The smallest absolute Gasteiger partial charge is 0.258 e. The molecule has 0 aliphatic heterocycles. The van der Waals surface area contributed by atoms with Crippen LogP contribution in [0.1, 0.15) is 31.7 Å². The summed E-state index contributed by atoms with van der Waals surface area (Å²) in [5.41, 5.74) is 6.30. The van der Waals surface area contributed by atoms with Gasteiger partial charge in [0.05, 0.1) is 0 Å². The molecule has 0 spiro atoms. The van der Waals surface area contributed by atoms with E-state index < -0.39 is 0 Å². The molecule has 1 saturated carbocycles. The van der Waals surface area contributed by atoms with E-state index in [1.807, 2.05) is 0 Å². The zero-order chi connectivity index (χ0) is 14.5. The standard InChI is InChI=1S/C15H20N2O2S/c1-10(11-3-2-4-11)17-14(18)9-19-13-7-5-12(6-8-13)15(16)20/h5-8,10-11H,2-4,9H2,1H3,(H2,16,20)(H,17,18). The minimum absolute atomic E-state index is 0.0312. The molecule has 0 bridgehead atoms. The average molecular weight is 292 g/mol. The van der Waals surface area contributed by atoms with Gasteiger partial charge in [-0.2, -0.15) is 0 Å². The first kappa shape index (κ1) is 14.8. The summed E-state index contributed by atoms with van der Waals surface area (Å²) in [6, 6.07) is 7.32. The van der Waals surface area contributed by atoms with E-state index in [9.17, 15) is 4.79 Å². The van der Waals surface area contributed by atoms with Gasteiger partial charge in [-0.15, -0.1) is 0 Å². The summed E-state index contributed by atoms with van der Waals surface area (Å²) in [5, 5.41) is 2.98. The fourth-order valence-electron chi connectivity index (χ4n) is 2.22. The van der Waals surface area contributed by atoms with Crippen LogP contribution < -0.4 is 15.8 Å². The van der Waals surface area contributed by atoms with Gasteiger partial charge in [0, 0.05) is 11.6 Å². The number of hydrogen-bond acceptors (Lipinski definition) is 3. The van der Waals surface area contributed by atoms with E-state index in [0.717, 1.165) is 5.56 Å². The average Bonchev–Trinajstić information content (AvgIpc) is 2.34. The number of nitrogens with one attached hydrogen (secondary N) is 1. The van der Waals surface area contributed by atoms with E-state index in [-0.39, 0.29) is 18.6 Å². The molecule has 5 heteroatoms. The van der Waals surface area contributed by atoms with E-state index in [1.165, 1.54) is 19.3 Å². The topological polar surface area (TPSA) is 64.3 Å². The van der Waals surface area contributed by atoms with Crippen LogP contribution in [-0.4, -0.2) is 23.5 Å². The number of benzene rings is 1. The van der Waals surface area contributed by atoms with Gasteiger partial charge in [0.2, 0.25) is 0 Å². The van der Waals surface area contributed by atoms with Crippen LogP contribution in [0.25, 0.3) is 0 Å². The molecule has 1 amide bonds. The van der Waals surface area contributed by atoms with Gasteiger partial charge in [0.25, 0.3) is 5.91 Å². The van der Waals surface area contributed by atoms with Crippen LogP contribution in [0.4, 0.5) is 0 Å². The van der Waals surface area contributed by atoms with Crippen LogP contribution in [0.5, 0.6) is 5.75 Å². The lowest BCUT2D eigenvalue weighted by molar-refractivity contribution is -0.124. The maximum absolute atomic E-state index is 11.8. The van der Waals surface area contributed by atoms with E-state index in [2.05, 4.69) is 12.2 Å². The molecule has 3 N–H and O–H groups in total. The third-order valence-electron chi connectivity index (χ3n) is 3.75. The molecule has 1 unspecified atom stereocenters. The molecule has 2 rings (SSSR count). The normalized spacial score (nSPS) is 16.1. The Bertz CT molecular complexity index is 483. The number of thiocarbonyl (C=S) groups is 1. The summed E-state index contributed by atoms with van der Waals surface area (Å²) < 4.78 is 5.44. The number of carbonyl (C=O) groups excluding carboxylic acids is 1. The second kappa shape index (κ2) is 6.70. The summed E-state index contributed by atoms with van der Waals surface area (Å²) in [6.45, 7) is 2.09. The Balaban J connectivity index is 1.76. The van der Waals surface area contributed by atoms with Crippen LogP contribution >= 0.6 is 12.2 Å². The van der Waals surface area contributed by atoms with Crippen molar-refractivity contribution in [3.05, 3.63) is 29.8 Å². The minimum Gasteiger partial charge on any atom is -0.484 e. The zero-order valence-corrected chi connectivity index (χ0v) is 12.4. The number of ether oxygens (including phenoxy) is 1. The molecule has 0 radical (unpaired) electrons. The van der Waals surface area contributed by atoms with Crippen molar-refractivity contribution >= 4 is 23.1 Å². The van der Waals surface area contributed by atoms with Crippen LogP contribution in [0.2, 0.25) is 0 Å². The van der Waals surface area contributed by atoms with Gasteiger partial charge in [-0.3, -0.25) is 4.79 Å². The predicted octanol–water partition coefficient (Wildman–Crippen LogP) is 2.00. The SMILES string of the molecule is CC(NC(=O)COc1ccc(C(N)=S)cc1)C1CCC1. The zero-order valence-electron chi connectivity index (χ0n) is 11.6. The third kappa shape index (κ3) is 3.93. The minimum atomic E-state index is -0.0807. The highest BCUT2D eigenvalue weighted by molar-refractivity contribution is 7.80. The number of amides is 1. The van der Waals surface area contributed by atoms with Crippen molar-refractivity contribution in [1.82, 2.24) is 5.32 Å². The van der Waals surface area contributed by atoms with Gasteiger partial charge >= 0.3 is 0 Å². The van der Waals surface area contributed by atoms with Gasteiger partial charge < -0.3 is 15.8 Å². The van der Waals surface area contributed by atoms with E-state index in [4.69, 9.17) is 22.7 Å². The van der Waals surface area contributed by atoms with Crippen molar-refractivity contribution < 1.29 is 9.53 Å². The highest BCUT2D eigenvalue weighted by Crippen LogP contribution is 2.29. The van der Waals surface area contributed by atoms with E-state index in [1.54, 1.807) is 24.3 Å². The molecular weight excluding hydrogens is 272 g/mol. The Morgan fingerprint density at radius 2 is 2.10 bits per heavy atom. The largest absolute Gasteiger partial charge is 0.484 e. The molecule has 1 atom stereocenters. The second-order valence-electron chi connectivity index (χ2n) is 5.22. The Morgan fingerprint density at radius 3 is 2.60 bits per heavy atom. The predicted molar refractivity (Wildman–Crippen MR) is 82.8 cm³/mol. The Kier molecular flexibility index (Phi) is 4.95. The molecular formula is C15H20N2O2S. The second-order valence-corrected chi connectivity index (χ2v) is 5.66. The van der Waals surface area contributed by atoms with Gasteiger partial charge in [0.15, 0.2) is 6.61 Å². The van der Waals surface area contributed by atoms with Crippen LogP contribution in [0.15, 0.2) is 24.3 Å². The fraction of sp³-hybridized carbons (Fsp3) is 0.467. The summed E-state index contributed by atoms with van der Waals surface area (Å²) >= 11 is 4.87. The lowest BCUT2D eigenvalue weighted by Crippen LogP contribution is -2.42. The lowest BCUT2D eigenvalue weighted by atomic mass is 9.80. The Morgan fingerprint density at radius 1 is 1.45 bits per heavy atom. The van der Waals surface area contributed by atoms with Crippen LogP contribution in [-0.2, 0) is 4.79 Å². The van der Waals surface area contributed by atoms with Crippen molar-refractivity contribution in [2.24, 2.45) is 11.7 Å². The van der Waals surface area contributed by atoms with Crippen molar-refractivity contribution in [2.45, 2.75) is 32.2 Å². The van der Waals surface area contributed by atoms with E-state index in [0.29, 0.717) is 16.7 Å². The highest BCUT2D eigenvalue weighted by atomic mass is 32.1. The molecule has 20 heavy (non-hydrogen) atoms. The monoisotopic (exact) mass is 292 g/mol. The van der Waals surface area contributed by atoms with Crippen molar-refractivity contribution in [1.29, 1.82) is 0 Å². The van der Waals surface area contributed by atoms with Crippen LogP contribution in [0, 0.1) is 5.92 Å². The van der Waals surface area contributed by atoms with E-state index >= 15 is 0 Å². The molecule has 1 aromatic rings. The highest BCUT2D eigenvalue weighted by Gasteiger charge is 2.24. The summed E-state index contributed by atoms with van der Waals surface area (Å²) in [4.78, 5) is 12.1. The molecule has 108 valence electrons. The number of nitrogens with two attached hydrogens (primary N) is 1. The quantitative estimate of drug-likeness (QED) is 0.787. The molecule has 0 heterocycles. The Labute approximate surface area is 124 Å². The first-order valence-corrected chi connectivity index (χ1v) is 7.29. The third-order valence-corrected chi connectivity index (χ3v) is 3.99. The van der Waals surface area contributed by atoms with Gasteiger partial charge in [0.1, 0.15) is 10.7 Å². The van der Waals surface area contributed by atoms with Crippen molar-refractivity contribution in [3.8, 4) is 5.75 Å². The van der Waals surface area contributed by atoms with Gasteiger partial charge in [-0.05, 0) is 49.9 Å². The number of hydrogen-bond donors (Lipinski definition) is 2. The lowest BCUT2D eigenvalue weighted by Gasteiger charge is -2.31. The van der Waals surface area contributed by atoms with Crippen molar-refractivity contribution in [2.75, 3.05) is 6.61 Å². The molecule has 1 aromatic carbocycles. The molecule has 0 saturated heterocycles. The summed E-state index contributed by atoms with van der Waals surface area (Å²) in [6.07, 6.45) is 3.70. The van der Waals surface area contributed by atoms with Crippen molar-refractivity contribution in [3.63, 3.8) is 0 Å². The molecule has 1 aliphatic carbocycles. The van der Waals surface area contributed by atoms with Gasteiger partial charge in [-0.1, -0.05) is 18.6 Å². The molecule has 1 fully saturated rings. The van der Waals surface area contributed by atoms with Gasteiger partial charge in [-0.25, -0.2) is 0 Å². The summed E-state index contributed by atoms with van der Waals surface area (Å²) in [5.74, 6) is 1.18.